The molecule has 7 heteroatoms. The van der Waals surface area contributed by atoms with Crippen LogP contribution in [0.15, 0.2) is 0 Å². The summed E-state index contributed by atoms with van der Waals surface area (Å²) in [7, 11) is -3.16. The van der Waals surface area contributed by atoms with Crippen LogP contribution in [0, 0.1) is 11.8 Å². The van der Waals surface area contributed by atoms with Gasteiger partial charge in [0.05, 0.1) is 18.6 Å². The van der Waals surface area contributed by atoms with Crippen LogP contribution in [0.25, 0.3) is 0 Å². The van der Waals surface area contributed by atoms with Crippen molar-refractivity contribution in [2.45, 2.75) is 51.8 Å². The highest BCUT2D eigenvalue weighted by molar-refractivity contribution is 7.88. The van der Waals surface area contributed by atoms with Crippen molar-refractivity contribution in [3.8, 4) is 0 Å². The number of rotatable bonds is 7. The van der Waals surface area contributed by atoms with E-state index in [-0.39, 0.29) is 0 Å². The molecule has 0 N–H and O–H groups in total. The van der Waals surface area contributed by atoms with Crippen molar-refractivity contribution >= 4 is 10.0 Å². The summed E-state index contributed by atoms with van der Waals surface area (Å²) in [4.78, 5) is 0. The summed E-state index contributed by atoms with van der Waals surface area (Å²) >= 11 is 0. The fraction of sp³-hybridized carbons (Fsp3) is 0.812. The van der Waals surface area contributed by atoms with E-state index in [0.29, 0.717) is 19.7 Å². The van der Waals surface area contributed by atoms with E-state index in [1.54, 1.807) is 4.31 Å². The largest absolute Gasteiger partial charge is 0.375 e. The minimum atomic E-state index is -3.16. The smallest absolute Gasteiger partial charge is 0.211 e. The average molecular weight is 339 g/mol. The van der Waals surface area contributed by atoms with Crippen molar-refractivity contribution in [2.75, 3.05) is 19.4 Å². The topological polar surface area (TPSA) is 64.4 Å². The summed E-state index contributed by atoms with van der Waals surface area (Å²) in [6.07, 6.45) is 7.17. The molecule has 4 rings (SSSR count). The summed E-state index contributed by atoms with van der Waals surface area (Å²) in [5.41, 5.74) is 3.24. The van der Waals surface area contributed by atoms with Gasteiger partial charge in [0.15, 0.2) is 0 Å². The number of sulfonamides is 1. The van der Waals surface area contributed by atoms with Crippen LogP contribution in [-0.2, 0) is 40.9 Å². The van der Waals surface area contributed by atoms with E-state index in [1.807, 2.05) is 0 Å². The second-order valence-electron chi connectivity index (χ2n) is 7.30. The molecule has 0 bridgehead atoms. The zero-order valence-electron chi connectivity index (χ0n) is 13.7. The summed E-state index contributed by atoms with van der Waals surface area (Å²) in [5, 5.41) is 4.78. The highest BCUT2D eigenvalue weighted by Crippen LogP contribution is 2.33. The number of hydrogen-bond acceptors (Lipinski definition) is 4. The predicted octanol–water partition coefficient (Wildman–Crippen LogP) is 1.54. The first-order valence-corrected chi connectivity index (χ1v) is 10.5. The Kier molecular flexibility index (Phi) is 3.98. The molecule has 6 nitrogen and oxygen atoms in total. The van der Waals surface area contributed by atoms with Gasteiger partial charge in [-0.25, -0.2) is 8.42 Å². The number of fused-ring (bicyclic) bond motifs is 1. The molecule has 0 atom stereocenters. The van der Waals surface area contributed by atoms with Crippen LogP contribution in [0.2, 0.25) is 0 Å². The van der Waals surface area contributed by atoms with Crippen LogP contribution >= 0.6 is 0 Å². The molecule has 0 radical (unpaired) electrons. The van der Waals surface area contributed by atoms with Gasteiger partial charge >= 0.3 is 0 Å². The molecule has 0 aromatic carbocycles. The Hall–Kier alpha value is -0.920. The normalized spacial score (nSPS) is 22.3. The third-order valence-electron chi connectivity index (χ3n) is 5.07. The standard InChI is InChI=1S/C16H25N3O3S/c1-23(20,21)18-7-6-16-14(9-18)15(11-22-10-13-4-5-13)17-19(16)8-12-2-3-12/h12-13H,2-11H2,1H3. The molecule has 2 heterocycles. The van der Waals surface area contributed by atoms with E-state index < -0.39 is 10.0 Å². The quantitative estimate of drug-likeness (QED) is 0.756. The van der Waals surface area contributed by atoms with Crippen molar-refractivity contribution in [1.29, 1.82) is 0 Å². The second kappa shape index (κ2) is 5.86. The molecule has 0 spiro atoms. The van der Waals surface area contributed by atoms with Crippen molar-refractivity contribution in [3.63, 3.8) is 0 Å². The monoisotopic (exact) mass is 339 g/mol. The molecule has 1 aromatic heterocycles. The van der Waals surface area contributed by atoms with Crippen LogP contribution < -0.4 is 0 Å². The lowest BCUT2D eigenvalue weighted by Gasteiger charge is -2.25. The zero-order chi connectivity index (χ0) is 16.0. The van der Waals surface area contributed by atoms with E-state index in [0.717, 1.165) is 42.7 Å². The van der Waals surface area contributed by atoms with Gasteiger partial charge in [-0.05, 0) is 37.5 Å². The first-order valence-electron chi connectivity index (χ1n) is 8.61. The first-order chi connectivity index (χ1) is 11.0. The maximum atomic E-state index is 11.9. The second-order valence-corrected chi connectivity index (χ2v) is 9.28. The van der Waals surface area contributed by atoms with E-state index in [2.05, 4.69) is 4.68 Å². The van der Waals surface area contributed by atoms with Crippen molar-refractivity contribution < 1.29 is 13.2 Å². The molecule has 2 saturated carbocycles. The average Bonchev–Trinajstić information content (AvgIpc) is 3.39. The molecule has 0 unspecified atom stereocenters. The zero-order valence-corrected chi connectivity index (χ0v) is 14.5. The molecule has 1 aromatic rings. The van der Waals surface area contributed by atoms with Gasteiger partial charge < -0.3 is 4.74 Å². The van der Waals surface area contributed by atoms with Gasteiger partial charge in [0.2, 0.25) is 10.0 Å². The summed E-state index contributed by atoms with van der Waals surface area (Å²) in [6.45, 7) is 3.30. The van der Waals surface area contributed by atoms with E-state index in [4.69, 9.17) is 9.84 Å². The first kappa shape index (κ1) is 15.6. The lowest BCUT2D eigenvalue weighted by Crippen LogP contribution is -2.35. The minimum absolute atomic E-state index is 0.445. The number of hydrogen-bond donors (Lipinski definition) is 0. The molecule has 128 valence electrons. The Balaban J connectivity index is 1.55. The molecular formula is C16H25N3O3S. The maximum Gasteiger partial charge on any atom is 0.211 e. The van der Waals surface area contributed by atoms with Crippen LogP contribution in [0.3, 0.4) is 0 Å². The van der Waals surface area contributed by atoms with Crippen LogP contribution in [0.4, 0.5) is 0 Å². The Morgan fingerprint density at radius 2 is 1.96 bits per heavy atom. The number of nitrogens with zero attached hydrogens (tertiary/aromatic N) is 3. The fourth-order valence-electron chi connectivity index (χ4n) is 3.24. The van der Waals surface area contributed by atoms with Gasteiger partial charge in [-0.1, -0.05) is 0 Å². The molecule has 1 aliphatic heterocycles. The summed E-state index contributed by atoms with van der Waals surface area (Å²) < 4.78 is 33.3. The van der Waals surface area contributed by atoms with Gasteiger partial charge in [0.1, 0.15) is 0 Å². The Morgan fingerprint density at radius 3 is 2.61 bits per heavy atom. The third-order valence-corrected chi connectivity index (χ3v) is 6.32. The molecular weight excluding hydrogens is 314 g/mol. The number of ether oxygens (including phenoxy) is 1. The van der Waals surface area contributed by atoms with Gasteiger partial charge in [0.25, 0.3) is 0 Å². The molecule has 0 amide bonds. The highest BCUT2D eigenvalue weighted by Gasteiger charge is 2.31. The Labute approximate surface area is 137 Å². The van der Waals surface area contributed by atoms with E-state index in [9.17, 15) is 8.42 Å². The van der Waals surface area contributed by atoms with Gasteiger partial charge in [-0.3, -0.25) is 4.68 Å². The lowest BCUT2D eigenvalue weighted by molar-refractivity contribution is 0.107. The SMILES string of the molecule is CS(=O)(=O)N1CCc2c(c(COCC3CC3)nn2CC2CC2)C1. The van der Waals surface area contributed by atoms with Crippen molar-refractivity contribution in [2.24, 2.45) is 11.8 Å². The third kappa shape index (κ3) is 3.61. The molecule has 23 heavy (non-hydrogen) atoms. The Morgan fingerprint density at radius 1 is 1.22 bits per heavy atom. The summed E-state index contributed by atoms with van der Waals surface area (Å²) in [6, 6.07) is 0. The van der Waals surface area contributed by atoms with Crippen LogP contribution in [-0.4, -0.2) is 41.9 Å². The molecule has 3 aliphatic rings. The van der Waals surface area contributed by atoms with Crippen LogP contribution in [0.5, 0.6) is 0 Å². The van der Waals surface area contributed by atoms with Gasteiger partial charge in [-0.15, -0.1) is 0 Å². The maximum absolute atomic E-state index is 11.9. The highest BCUT2D eigenvalue weighted by atomic mass is 32.2. The number of aromatic nitrogens is 2. The van der Waals surface area contributed by atoms with Crippen molar-refractivity contribution in [3.05, 3.63) is 17.0 Å². The molecule has 2 aliphatic carbocycles. The van der Waals surface area contributed by atoms with Gasteiger partial charge in [-0.2, -0.15) is 9.40 Å². The van der Waals surface area contributed by atoms with E-state index >= 15 is 0 Å². The summed E-state index contributed by atoms with van der Waals surface area (Å²) in [5.74, 6) is 1.49. The van der Waals surface area contributed by atoms with Gasteiger partial charge in [0, 0.05) is 43.9 Å². The Bertz CT molecular complexity index is 690. The predicted molar refractivity (Wildman–Crippen MR) is 86.3 cm³/mol. The van der Waals surface area contributed by atoms with E-state index in [1.165, 1.54) is 37.6 Å². The fourth-order valence-corrected chi connectivity index (χ4v) is 4.03. The molecule has 2 fully saturated rings. The molecule has 0 saturated heterocycles. The minimum Gasteiger partial charge on any atom is -0.375 e. The van der Waals surface area contributed by atoms with Crippen molar-refractivity contribution in [1.82, 2.24) is 14.1 Å². The lowest BCUT2D eigenvalue weighted by atomic mass is 10.1. The van der Waals surface area contributed by atoms with Crippen LogP contribution in [0.1, 0.15) is 42.6 Å².